The van der Waals surface area contributed by atoms with Crippen LogP contribution in [0, 0.1) is 5.92 Å². The first kappa shape index (κ1) is 19.6. The Bertz CT molecular complexity index is 704. The third-order valence-corrected chi connectivity index (χ3v) is 7.10. The highest BCUT2D eigenvalue weighted by Gasteiger charge is 2.56. The van der Waals surface area contributed by atoms with Crippen LogP contribution in [0.15, 0.2) is 24.3 Å². The Labute approximate surface area is 156 Å². The van der Waals surface area contributed by atoms with Gasteiger partial charge in [0.2, 0.25) is 0 Å². The third kappa shape index (κ3) is 2.96. The number of aliphatic hydroxyl groups excluding tert-OH is 1. The van der Waals surface area contributed by atoms with Crippen molar-refractivity contribution >= 4 is 16.9 Å². The summed E-state index contributed by atoms with van der Waals surface area (Å²) >= 11 is -2.22. The minimum atomic E-state index is -2.22. The van der Waals surface area contributed by atoms with Crippen LogP contribution in [-0.2, 0) is 25.4 Å². The standard InChI is InChI=1S/C19H27NO5S/c1-18(2,26(23)24)15-6-4-13(5-7-15)16-10-14-8-9-20(16)19(11-21,12-25-3)17(14)22/h4-7,14,16,21H,8-12H2,1-3H3,(H,23,24)/p-1/t14?,16-,19?/m0/s1. The van der Waals surface area contributed by atoms with Crippen LogP contribution in [0.5, 0.6) is 0 Å². The molecule has 0 aromatic heterocycles. The highest BCUT2D eigenvalue weighted by molar-refractivity contribution is 7.80. The number of nitrogens with zero attached hydrogens (tertiary/aromatic N) is 1. The number of methoxy groups -OCH3 is 1. The fraction of sp³-hybridized carbons (Fsp3) is 0.632. The molecule has 3 aliphatic rings. The molecular formula is C19H26NO5S-. The van der Waals surface area contributed by atoms with Gasteiger partial charge in [-0.05, 0) is 48.9 Å². The van der Waals surface area contributed by atoms with E-state index in [9.17, 15) is 18.7 Å². The topological polar surface area (TPSA) is 89.9 Å². The molecule has 5 atom stereocenters. The quantitative estimate of drug-likeness (QED) is 0.753. The fourth-order valence-corrected chi connectivity index (χ4v) is 4.69. The number of ketones is 1. The molecule has 7 heteroatoms. The lowest BCUT2D eigenvalue weighted by Gasteiger charge is -2.56. The molecule has 0 radical (unpaired) electrons. The molecule has 3 saturated heterocycles. The van der Waals surface area contributed by atoms with E-state index in [2.05, 4.69) is 4.90 Å². The number of hydrogen-bond donors (Lipinski definition) is 1. The van der Waals surface area contributed by atoms with E-state index in [1.165, 1.54) is 0 Å². The Morgan fingerprint density at radius 3 is 2.58 bits per heavy atom. The maximum atomic E-state index is 12.8. The largest absolute Gasteiger partial charge is 0.772 e. The van der Waals surface area contributed by atoms with Gasteiger partial charge in [-0.3, -0.25) is 13.9 Å². The molecule has 6 nitrogen and oxygen atoms in total. The molecule has 1 N–H and O–H groups in total. The molecule has 0 spiro atoms. The molecule has 0 aliphatic carbocycles. The summed E-state index contributed by atoms with van der Waals surface area (Å²) in [5.74, 6) is 0.00131. The predicted molar refractivity (Wildman–Crippen MR) is 97.3 cm³/mol. The number of rotatable bonds is 6. The summed E-state index contributed by atoms with van der Waals surface area (Å²) in [5.41, 5.74) is 0.786. The Hall–Kier alpha value is -1.12. The molecule has 4 rings (SSSR count). The Kier molecular flexibility index (Phi) is 5.38. The van der Waals surface area contributed by atoms with Gasteiger partial charge >= 0.3 is 0 Å². The van der Waals surface area contributed by atoms with Gasteiger partial charge in [-0.15, -0.1) is 0 Å². The van der Waals surface area contributed by atoms with Crippen molar-refractivity contribution in [2.75, 3.05) is 26.9 Å². The first-order chi connectivity index (χ1) is 12.3. The first-order valence-electron chi connectivity index (χ1n) is 8.88. The monoisotopic (exact) mass is 380 g/mol. The van der Waals surface area contributed by atoms with Crippen LogP contribution in [0.1, 0.15) is 43.9 Å². The second kappa shape index (κ2) is 7.13. The number of Topliss-reactive ketones (excluding diaryl/α,β-unsaturated/α-hetero) is 1. The van der Waals surface area contributed by atoms with Gasteiger partial charge < -0.3 is 14.4 Å². The number of benzene rings is 1. The lowest BCUT2D eigenvalue weighted by atomic mass is 9.69. The van der Waals surface area contributed by atoms with Crippen LogP contribution < -0.4 is 0 Å². The number of piperidine rings is 3. The van der Waals surface area contributed by atoms with Crippen molar-refractivity contribution < 1.29 is 23.4 Å². The van der Waals surface area contributed by atoms with Gasteiger partial charge in [0.25, 0.3) is 0 Å². The van der Waals surface area contributed by atoms with E-state index in [-0.39, 0.29) is 31.0 Å². The second-order valence-corrected chi connectivity index (χ2v) is 9.27. The van der Waals surface area contributed by atoms with Crippen molar-refractivity contribution in [3.05, 3.63) is 35.4 Å². The van der Waals surface area contributed by atoms with Crippen molar-refractivity contribution in [2.24, 2.45) is 5.92 Å². The fourth-order valence-electron chi connectivity index (χ4n) is 4.36. The van der Waals surface area contributed by atoms with Gasteiger partial charge in [0.05, 0.1) is 18.0 Å². The maximum Gasteiger partial charge on any atom is 0.161 e. The van der Waals surface area contributed by atoms with Crippen molar-refractivity contribution in [2.45, 2.75) is 43.0 Å². The van der Waals surface area contributed by atoms with Crippen LogP contribution in [0.2, 0.25) is 0 Å². The summed E-state index contributed by atoms with van der Waals surface area (Å²) in [6, 6.07) is 7.58. The summed E-state index contributed by atoms with van der Waals surface area (Å²) in [4.78, 5) is 14.9. The number of aliphatic hydroxyl groups is 1. The number of carbonyl (C=O) groups is 1. The SMILES string of the molecule is COCC1(CO)C(=O)C2CCN1[C@H](c1ccc(C(C)(C)S(=O)[O-])cc1)C2. The summed E-state index contributed by atoms with van der Waals surface area (Å²) in [7, 11) is 1.54. The number of fused-ring (bicyclic) bond motifs is 3. The average molecular weight is 380 g/mol. The Morgan fingerprint density at radius 2 is 2.04 bits per heavy atom. The van der Waals surface area contributed by atoms with Gasteiger partial charge in [0, 0.05) is 25.6 Å². The second-order valence-electron chi connectivity index (χ2n) is 7.78. The minimum Gasteiger partial charge on any atom is -0.772 e. The van der Waals surface area contributed by atoms with Gasteiger partial charge in [-0.1, -0.05) is 24.3 Å². The Morgan fingerprint density at radius 1 is 1.38 bits per heavy atom. The molecule has 1 aromatic rings. The van der Waals surface area contributed by atoms with Gasteiger partial charge in [-0.25, -0.2) is 0 Å². The summed E-state index contributed by atoms with van der Waals surface area (Å²) in [5, 5.41) is 10.0. The molecule has 3 aliphatic heterocycles. The number of hydrogen-bond acceptors (Lipinski definition) is 6. The zero-order chi connectivity index (χ0) is 19.1. The lowest BCUT2D eigenvalue weighted by Crippen LogP contribution is -2.69. The lowest BCUT2D eigenvalue weighted by molar-refractivity contribution is -0.166. The number of carbonyl (C=O) groups excluding carboxylic acids is 1. The average Bonchev–Trinajstić information content (AvgIpc) is 2.64. The van der Waals surface area contributed by atoms with E-state index >= 15 is 0 Å². The molecule has 144 valence electrons. The van der Waals surface area contributed by atoms with E-state index in [0.717, 1.165) is 30.5 Å². The molecular weight excluding hydrogens is 354 g/mol. The molecule has 2 bridgehead atoms. The van der Waals surface area contributed by atoms with Crippen molar-refractivity contribution in [3.8, 4) is 0 Å². The molecule has 3 fully saturated rings. The zero-order valence-electron chi connectivity index (χ0n) is 15.4. The molecule has 0 amide bonds. The molecule has 1 aromatic carbocycles. The summed E-state index contributed by atoms with van der Waals surface area (Å²) in [6.45, 7) is 4.00. The van der Waals surface area contributed by atoms with Crippen molar-refractivity contribution in [3.63, 3.8) is 0 Å². The maximum absolute atomic E-state index is 12.8. The molecule has 4 unspecified atom stereocenters. The van der Waals surface area contributed by atoms with Gasteiger partial charge in [0.15, 0.2) is 5.78 Å². The van der Waals surface area contributed by atoms with Gasteiger partial charge in [-0.2, -0.15) is 0 Å². The highest BCUT2D eigenvalue weighted by atomic mass is 32.2. The van der Waals surface area contributed by atoms with Gasteiger partial charge in [0.1, 0.15) is 5.54 Å². The molecule has 0 saturated carbocycles. The van der Waals surface area contributed by atoms with E-state index in [1.807, 2.05) is 24.3 Å². The predicted octanol–water partition coefficient (Wildman–Crippen LogP) is 1.51. The molecule has 26 heavy (non-hydrogen) atoms. The van der Waals surface area contributed by atoms with E-state index in [0.29, 0.717) is 0 Å². The summed E-state index contributed by atoms with van der Waals surface area (Å²) in [6.07, 6.45) is 1.53. The first-order valence-corrected chi connectivity index (χ1v) is 9.96. The van der Waals surface area contributed by atoms with Crippen molar-refractivity contribution in [1.29, 1.82) is 0 Å². The number of ether oxygens (including phenoxy) is 1. The normalized spacial score (nSPS) is 32.7. The van der Waals surface area contributed by atoms with Crippen LogP contribution in [0.25, 0.3) is 0 Å². The Balaban J connectivity index is 1.93. The smallest absolute Gasteiger partial charge is 0.161 e. The third-order valence-electron chi connectivity index (χ3n) is 6.03. The molecule has 3 heterocycles. The van der Waals surface area contributed by atoms with E-state index < -0.39 is 21.4 Å². The van der Waals surface area contributed by atoms with E-state index in [4.69, 9.17) is 4.74 Å². The van der Waals surface area contributed by atoms with Crippen LogP contribution in [0.3, 0.4) is 0 Å². The van der Waals surface area contributed by atoms with Crippen LogP contribution in [-0.4, -0.2) is 57.0 Å². The van der Waals surface area contributed by atoms with Crippen LogP contribution >= 0.6 is 0 Å². The van der Waals surface area contributed by atoms with E-state index in [1.54, 1.807) is 21.0 Å². The minimum absolute atomic E-state index is 0.0173. The highest BCUT2D eigenvalue weighted by Crippen LogP contribution is 2.46. The van der Waals surface area contributed by atoms with Crippen molar-refractivity contribution in [1.82, 2.24) is 4.90 Å². The zero-order valence-corrected chi connectivity index (χ0v) is 16.3. The summed E-state index contributed by atoms with van der Waals surface area (Å²) < 4.78 is 27.2. The van der Waals surface area contributed by atoms with Crippen LogP contribution in [0.4, 0.5) is 0 Å².